The first-order valence-corrected chi connectivity index (χ1v) is 6.05. The van der Waals surface area contributed by atoms with Gasteiger partial charge >= 0.3 is 0 Å². The van der Waals surface area contributed by atoms with Crippen molar-refractivity contribution in [3.8, 4) is 6.19 Å². The van der Waals surface area contributed by atoms with Crippen LogP contribution in [-0.4, -0.2) is 5.96 Å². The van der Waals surface area contributed by atoms with E-state index in [2.05, 4.69) is 10.6 Å². The first-order chi connectivity index (χ1) is 9.83. The average molecular weight is 264 g/mol. The zero-order valence-electron chi connectivity index (χ0n) is 11.0. The molecule has 0 saturated carbocycles. The number of hydrogen-bond donors (Lipinski definition) is 3. The Morgan fingerprint density at radius 2 is 1.20 bits per heavy atom. The molecule has 4 heteroatoms. The molecular weight excluding hydrogens is 248 g/mol. The summed E-state index contributed by atoms with van der Waals surface area (Å²) in [6, 6.07) is 24.6. The average Bonchev–Trinajstić information content (AvgIpc) is 2.43. The van der Waals surface area contributed by atoms with Crippen LogP contribution >= 0.6 is 0 Å². The standard InChI is InChI=1S/C16H16N4/c17-14-19-16(18)20-15-12-10-8-6-4-2-1-3-5-7-9-11-13-15/h1-13H,(H3,18,19,20). The Hall–Kier alpha value is -3.06. The molecule has 100 valence electrons. The predicted molar refractivity (Wildman–Crippen MR) is 81.8 cm³/mol. The Balaban J connectivity index is 3.08. The summed E-state index contributed by atoms with van der Waals surface area (Å²) in [4.78, 5) is 0. The van der Waals surface area contributed by atoms with Crippen molar-refractivity contribution in [1.82, 2.24) is 5.32 Å². The molecule has 0 aromatic heterocycles. The van der Waals surface area contributed by atoms with Crippen molar-refractivity contribution in [2.24, 2.45) is 0 Å². The molecular formula is C16H16N4. The number of hydrogen-bond acceptors (Lipinski definition) is 2. The molecule has 0 aliphatic rings. The first-order valence-electron chi connectivity index (χ1n) is 6.05. The summed E-state index contributed by atoms with van der Waals surface area (Å²) >= 11 is 0. The molecule has 0 saturated heterocycles. The van der Waals surface area contributed by atoms with Crippen LogP contribution in [0.15, 0.2) is 78.9 Å². The van der Waals surface area contributed by atoms with Crippen LogP contribution in [0.4, 0.5) is 5.69 Å². The molecule has 0 aliphatic carbocycles. The van der Waals surface area contributed by atoms with E-state index in [-0.39, 0.29) is 5.96 Å². The van der Waals surface area contributed by atoms with Crippen molar-refractivity contribution >= 4 is 11.6 Å². The normalized spacial score (nSPS) is 8.15. The molecule has 3 N–H and O–H groups in total. The van der Waals surface area contributed by atoms with Gasteiger partial charge in [-0.2, -0.15) is 5.26 Å². The van der Waals surface area contributed by atoms with E-state index >= 15 is 0 Å². The van der Waals surface area contributed by atoms with E-state index < -0.39 is 0 Å². The summed E-state index contributed by atoms with van der Waals surface area (Å²) in [7, 11) is 0. The Labute approximate surface area is 118 Å². The van der Waals surface area contributed by atoms with Crippen LogP contribution in [0, 0.1) is 16.9 Å². The van der Waals surface area contributed by atoms with Crippen LogP contribution in [0.5, 0.6) is 0 Å². The summed E-state index contributed by atoms with van der Waals surface area (Å²) < 4.78 is 0. The number of nitrogens with zero attached hydrogens (tertiary/aromatic N) is 1. The molecule has 0 spiro atoms. The van der Waals surface area contributed by atoms with Gasteiger partial charge in [-0.05, 0) is 12.1 Å². The molecule has 0 aliphatic heterocycles. The molecule has 0 fully saturated rings. The molecule has 0 radical (unpaired) electrons. The minimum atomic E-state index is -0.0692. The number of anilines is 1. The van der Waals surface area contributed by atoms with Crippen LogP contribution in [0.25, 0.3) is 0 Å². The monoisotopic (exact) mass is 264 g/mol. The highest BCUT2D eigenvalue weighted by Gasteiger charge is 1.92. The maximum absolute atomic E-state index is 8.45. The highest BCUT2D eigenvalue weighted by atomic mass is 15.1. The number of nitriles is 1. The third-order valence-corrected chi connectivity index (χ3v) is 2.11. The topological polar surface area (TPSA) is 71.7 Å². The van der Waals surface area contributed by atoms with Gasteiger partial charge < -0.3 is 5.32 Å². The fourth-order valence-electron chi connectivity index (χ4n) is 1.27. The lowest BCUT2D eigenvalue weighted by molar-refractivity contribution is 1.21. The lowest BCUT2D eigenvalue weighted by Crippen LogP contribution is -2.24. The van der Waals surface area contributed by atoms with Gasteiger partial charge in [0, 0.05) is 5.69 Å². The molecule has 0 bridgehead atoms. The van der Waals surface area contributed by atoms with Gasteiger partial charge in [-0.25, -0.2) is 0 Å². The van der Waals surface area contributed by atoms with E-state index in [4.69, 9.17) is 10.7 Å². The van der Waals surface area contributed by atoms with E-state index in [1.54, 1.807) is 6.19 Å². The molecule has 1 aromatic carbocycles. The van der Waals surface area contributed by atoms with Gasteiger partial charge in [-0.3, -0.25) is 10.7 Å². The smallest absolute Gasteiger partial charge is 0.206 e. The van der Waals surface area contributed by atoms with E-state index in [0.717, 1.165) is 0 Å². The van der Waals surface area contributed by atoms with Gasteiger partial charge in [0.25, 0.3) is 0 Å². The lowest BCUT2D eigenvalue weighted by atomic mass is 10.3. The van der Waals surface area contributed by atoms with Crippen LogP contribution in [0.1, 0.15) is 0 Å². The molecule has 4 nitrogen and oxygen atoms in total. The molecule has 0 unspecified atom stereocenters. The van der Waals surface area contributed by atoms with Gasteiger partial charge in [0.2, 0.25) is 5.96 Å². The van der Waals surface area contributed by atoms with Gasteiger partial charge in [0.15, 0.2) is 6.19 Å². The van der Waals surface area contributed by atoms with Crippen LogP contribution in [0.2, 0.25) is 0 Å². The summed E-state index contributed by atoms with van der Waals surface area (Å²) in [5, 5.41) is 20.9. The molecule has 0 amide bonds. The van der Waals surface area contributed by atoms with Crippen molar-refractivity contribution in [3.63, 3.8) is 0 Å². The van der Waals surface area contributed by atoms with E-state index in [1.807, 2.05) is 78.9 Å². The molecule has 1 rings (SSSR count). The summed E-state index contributed by atoms with van der Waals surface area (Å²) in [6.07, 6.45) is 1.69. The second-order valence-electron chi connectivity index (χ2n) is 3.64. The fraction of sp³-hybridized carbons (Fsp3) is 0. The third kappa shape index (κ3) is 7.30. The van der Waals surface area contributed by atoms with E-state index in [1.165, 1.54) is 0 Å². The minimum absolute atomic E-state index is 0.0692. The zero-order valence-corrected chi connectivity index (χ0v) is 11.0. The summed E-state index contributed by atoms with van der Waals surface area (Å²) in [5.74, 6) is -0.0692. The van der Waals surface area contributed by atoms with Crippen LogP contribution < -0.4 is 10.6 Å². The fourth-order valence-corrected chi connectivity index (χ4v) is 1.27. The highest BCUT2D eigenvalue weighted by Crippen LogP contribution is 2.00. The van der Waals surface area contributed by atoms with E-state index in [9.17, 15) is 0 Å². The van der Waals surface area contributed by atoms with Crippen molar-refractivity contribution in [1.29, 1.82) is 10.7 Å². The van der Waals surface area contributed by atoms with Crippen molar-refractivity contribution < 1.29 is 0 Å². The lowest BCUT2D eigenvalue weighted by Gasteiger charge is -2.02. The van der Waals surface area contributed by atoms with Crippen molar-refractivity contribution in [3.05, 3.63) is 78.9 Å². The second-order valence-corrected chi connectivity index (χ2v) is 3.64. The Morgan fingerprint density at radius 1 is 0.800 bits per heavy atom. The molecule has 1 aromatic rings. The summed E-state index contributed by atoms with van der Waals surface area (Å²) in [5.41, 5.74) is 0.698. The van der Waals surface area contributed by atoms with Gasteiger partial charge in [0.05, 0.1) is 0 Å². The van der Waals surface area contributed by atoms with Crippen molar-refractivity contribution in [2.75, 3.05) is 5.32 Å². The molecule has 20 heavy (non-hydrogen) atoms. The minimum Gasteiger partial charge on any atom is -0.326 e. The van der Waals surface area contributed by atoms with Gasteiger partial charge in [0.1, 0.15) is 0 Å². The number of nitrogens with one attached hydrogen (secondary N) is 3. The zero-order chi connectivity index (χ0) is 14.5. The Kier molecular flexibility index (Phi) is 7.44. The van der Waals surface area contributed by atoms with Crippen LogP contribution in [0.3, 0.4) is 0 Å². The maximum atomic E-state index is 8.45. The largest absolute Gasteiger partial charge is 0.326 e. The number of rotatable bonds is 1. The first kappa shape index (κ1) is 15.0. The quantitative estimate of drug-likeness (QED) is 0.315. The van der Waals surface area contributed by atoms with Gasteiger partial charge in [-0.1, -0.05) is 66.7 Å². The van der Waals surface area contributed by atoms with E-state index in [0.29, 0.717) is 5.69 Å². The Morgan fingerprint density at radius 3 is 1.60 bits per heavy atom. The van der Waals surface area contributed by atoms with Crippen LogP contribution in [-0.2, 0) is 0 Å². The molecule has 0 heterocycles. The second kappa shape index (κ2) is 9.92. The highest BCUT2D eigenvalue weighted by molar-refractivity contribution is 5.91. The number of guanidine groups is 1. The SMILES string of the molecule is N#CNC(=N)Nc1ccccccccccccc1. The summed E-state index contributed by atoms with van der Waals surface area (Å²) in [6.45, 7) is 0. The van der Waals surface area contributed by atoms with Crippen molar-refractivity contribution in [2.45, 2.75) is 0 Å². The molecule has 0 atom stereocenters. The maximum Gasteiger partial charge on any atom is 0.206 e. The third-order valence-electron chi connectivity index (χ3n) is 2.11. The Bertz CT molecular complexity index is 552. The van der Waals surface area contributed by atoms with Gasteiger partial charge in [-0.15, -0.1) is 0 Å². The predicted octanol–water partition coefficient (Wildman–Crippen LogP) is 3.35.